The van der Waals surface area contributed by atoms with Crippen molar-refractivity contribution in [3.05, 3.63) is 44.5 Å². The Morgan fingerprint density at radius 2 is 2.19 bits per heavy atom. The molecule has 0 aliphatic heterocycles. The molecule has 0 fully saturated rings. The lowest BCUT2D eigenvalue weighted by atomic mass is 9.90. The SMILES string of the molecule is C/C(=N/NC(=O)c1cc2c(s1)CC[C@@H](C)C2)c1cc(CCC(=O)[O-])oc1C. The summed E-state index contributed by atoms with van der Waals surface area (Å²) >= 11 is 1.55. The van der Waals surface area contributed by atoms with E-state index in [-0.39, 0.29) is 18.7 Å². The van der Waals surface area contributed by atoms with Gasteiger partial charge in [-0.1, -0.05) is 6.92 Å². The fraction of sp³-hybridized carbons (Fsp3) is 0.450. The first kappa shape index (κ1) is 19.4. The molecule has 0 saturated heterocycles. The second-order valence-electron chi connectivity index (χ2n) is 7.10. The Hall–Kier alpha value is -2.41. The van der Waals surface area contributed by atoms with Crippen LogP contribution < -0.4 is 10.5 Å². The van der Waals surface area contributed by atoms with Crippen molar-refractivity contribution in [1.82, 2.24) is 5.43 Å². The van der Waals surface area contributed by atoms with Gasteiger partial charge in [0.25, 0.3) is 5.91 Å². The van der Waals surface area contributed by atoms with Gasteiger partial charge in [-0.3, -0.25) is 4.79 Å². The van der Waals surface area contributed by atoms with Gasteiger partial charge in [-0.25, -0.2) is 5.43 Å². The van der Waals surface area contributed by atoms with Crippen LogP contribution in [-0.2, 0) is 24.1 Å². The number of carboxylic acids is 1. The predicted molar refractivity (Wildman–Crippen MR) is 102 cm³/mol. The van der Waals surface area contributed by atoms with E-state index in [1.165, 1.54) is 16.9 Å². The van der Waals surface area contributed by atoms with Crippen LogP contribution >= 0.6 is 11.3 Å². The lowest BCUT2D eigenvalue weighted by molar-refractivity contribution is -0.305. The van der Waals surface area contributed by atoms with E-state index in [2.05, 4.69) is 17.5 Å². The molecule has 2 aromatic heterocycles. The van der Waals surface area contributed by atoms with Crippen molar-refractivity contribution in [2.75, 3.05) is 0 Å². The zero-order valence-corrected chi connectivity index (χ0v) is 16.6. The first-order valence-corrected chi connectivity index (χ1v) is 9.91. The van der Waals surface area contributed by atoms with E-state index in [1.807, 2.05) is 6.07 Å². The highest BCUT2D eigenvalue weighted by molar-refractivity contribution is 7.14. The molecule has 1 N–H and O–H groups in total. The Labute approximate surface area is 162 Å². The summed E-state index contributed by atoms with van der Waals surface area (Å²) in [5.41, 5.74) is 5.27. The minimum Gasteiger partial charge on any atom is -0.550 e. The predicted octanol–water partition coefficient (Wildman–Crippen LogP) is 2.61. The summed E-state index contributed by atoms with van der Waals surface area (Å²) in [5.74, 6) is 0.543. The molecule has 27 heavy (non-hydrogen) atoms. The number of rotatable bonds is 6. The van der Waals surface area contributed by atoms with Crippen molar-refractivity contribution >= 4 is 28.9 Å². The van der Waals surface area contributed by atoms with Crippen LogP contribution in [0.5, 0.6) is 0 Å². The van der Waals surface area contributed by atoms with E-state index in [4.69, 9.17) is 4.42 Å². The van der Waals surface area contributed by atoms with Gasteiger partial charge in [-0.05, 0) is 63.1 Å². The number of aryl methyl sites for hydroxylation is 3. The molecule has 7 heteroatoms. The molecular weight excluding hydrogens is 364 g/mol. The van der Waals surface area contributed by atoms with Gasteiger partial charge in [0.15, 0.2) is 0 Å². The van der Waals surface area contributed by atoms with Gasteiger partial charge in [0, 0.05) is 22.8 Å². The zero-order chi connectivity index (χ0) is 19.6. The minimum atomic E-state index is -1.11. The number of nitrogens with one attached hydrogen (secondary N) is 1. The quantitative estimate of drug-likeness (QED) is 0.609. The molecule has 1 aliphatic rings. The standard InChI is InChI=1S/C20H24N2O4S/c1-11-4-6-17-14(8-11)9-18(27-17)20(25)22-21-12(2)16-10-15(26-13(16)3)5-7-19(23)24/h9-11H,4-8H2,1-3H3,(H,22,25)(H,23,24)/p-1/b21-12-/t11-/m1/s1. The Morgan fingerprint density at radius 3 is 2.93 bits per heavy atom. The van der Waals surface area contributed by atoms with E-state index in [9.17, 15) is 14.7 Å². The Kier molecular flexibility index (Phi) is 5.79. The highest BCUT2D eigenvalue weighted by Gasteiger charge is 2.20. The van der Waals surface area contributed by atoms with E-state index in [0.29, 0.717) is 28.0 Å². The molecule has 0 unspecified atom stereocenters. The van der Waals surface area contributed by atoms with Gasteiger partial charge in [0.1, 0.15) is 11.5 Å². The minimum absolute atomic E-state index is 0.0962. The molecule has 0 bridgehead atoms. The summed E-state index contributed by atoms with van der Waals surface area (Å²) in [7, 11) is 0. The third-order valence-electron chi connectivity index (χ3n) is 4.81. The van der Waals surface area contributed by atoms with E-state index in [0.717, 1.165) is 18.4 Å². The van der Waals surface area contributed by atoms with Crippen LogP contribution in [0.15, 0.2) is 21.7 Å². The van der Waals surface area contributed by atoms with Crippen molar-refractivity contribution in [3.8, 4) is 0 Å². The van der Waals surface area contributed by atoms with Gasteiger partial charge >= 0.3 is 0 Å². The average molecular weight is 387 g/mol. The highest BCUT2D eigenvalue weighted by atomic mass is 32.1. The van der Waals surface area contributed by atoms with E-state index in [1.54, 1.807) is 31.3 Å². The summed E-state index contributed by atoms with van der Waals surface area (Å²) in [5, 5.41) is 14.8. The number of carbonyl (C=O) groups is 2. The molecule has 1 amide bonds. The summed E-state index contributed by atoms with van der Waals surface area (Å²) in [6, 6.07) is 3.74. The van der Waals surface area contributed by atoms with Crippen molar-refractivity contribution < 1.29 is 19.1 Å². The largest absolute Gasteiger partial charge is 0.550 e. The molecule has 144 valence electrons. The topological polar surface area (TPSA) is 94.7 Å². The summed E-state index contributed by atoms with van der Waals surface area (Å²) in [4.78, 5) is 25.0. The first-order valence-electron chi connectivity index (χ1n) is 9.09. The molecule has 1 aliphatic carbocycles. The maximum absolute atomic E-state index is 12.4. The lowest BCUT2D eigenvalue weighted by Crippen LogP contribution is -2.22. The summed E-state index contributed by atoms with van der Waals surface area (Å²) in [6.45, 7) is 5.80. The van der Waals surface area contributed by atoms with E-state index < -0.39 is 5.97 Å². The van der Waals surface area contributed by atoms with E-state index >= 15 is 0 Å². The normalized spacial score (nSPS) is 16.9. The fourth-order valence-corrected chi connectivity index (χ4v) is 4.42. The molecule has 2 aromatic rings. The Balaban J connectivity index is 1.67. The lowest BCUT2D eigenvalue weighted by Gasteiger charge is -2.16. The number of carbonyl (C=O) groups excluding carboxylic acids is 2. The second kappa shape index (κ2) is 8.08. The highest BCUT2D eigenvalue weighted by Crippen LogP contribution is 2.32. The molecule has 0 saturated carbocycles. The Bertz CT molecular complexity index is 894. The number of thiophene rings is 1. The molecule has 6 nitrogen and oxygen atoms in total. The van der Waals surface area contributed by atoms with Crippen LogP contribution in [-0.4, -0.2) is 17.6 Å². The number of furan rings is 1. The smallest absolute Gasteiger partial charge is 0.281 e. The number of amides is 1. The monoisotopic (exact) mass is 387 g/mol. The van der Waals surface area contributed by atoms with Gasteiger partial charge in [-0.2, -0.15) is 5.10 Å². The number of hydrogen-bond donors (Lipinski definition) is 1. The van der Waals surface area contributed by atoms with Gasteiger partial charge in [-0.15, -0.1) is 11.3 Å². The summed E-state index contributed by atoms with van der Waals surface area (Å²) in [6.07, 6.45) is 3.42. The number of nitrogens with zero attached hydrogens (tertiary/aromatic N) is 1. The van der Waals surface area contributed by atoms with Crippen molar-refractivity contribution in [2.45, 2.75) is 52.9 Å². The molecule has 2 heterocycles. The Morgan fingerprint density at radius 1 is 1.41 bits per heavy atom. The second-order valence-corrected chi connectivity index (χ2v) is 8.24. The molecular formula is C20H23N2O4S-. The number of fused-ring (bicyclic) bond motifs is 1. The molecule has 3 rings (SSSR count). The van der Waals surface area contributed by atoms with Crippen LogP contribution in [0.4, 0.5) is 0 Å². The molecule has 0 aromatic carbocycles. The average Bonchev–Trinajstić information content (AvgIpc) is 3.20. The van der Waals surface area contributed by atoms with Crippen molar-refractivity contribution in [3.63, 3.8) is 0 Å². The van der Waals surface area contributed by atoms with Crippen LogP contribution in [0.25, 0.3) is 0 Å². The number of hydrogen-bond acceptors (Lipinski definition) is 6. The maximum Gasteiger partial charge on any atom is 0.281 e. The van der Waals surface area contributed by atoms with Gasteiger partial charge in [0.2, 0.25) is 0 Å². The van der Waals surface area contributed by atoms with Gasteiger partial charge < -0.3 is 14.3 Å². The van der Waals surface area contributed by atoms with Crippen molar-refractivity contribution in [1.29, 1.82) is 0 Å². The molecule has 1 atom stereocenters. The van der Waals surface area contributed by atoms with Crippen LogP contribution in [0.3, 0.4) is 0 Å². The number of carboxylic acid groups (broad SMARTS) is 1. The number of hydrazone groups is 1. The third kappa shape index (κ3) is 4.66. The third-order valence-corrected chi connectivity index (χ3v) is 6.05. The molecule has 0 radical (unpaired) electrons. The van der Waals surface area contributed by atoms with Crippen LogP contribution in [0.1, 0.15) is 63.9 Å². The fourth-order valence-electron chi connectivity index (χ4n) is 3.32. The maximum atomic E-state index is 12.4. The molecule has 0 spiro atoms. The summed E-state index contributed by atoms with van der Waals surface area (Å²) < 4.78 is 5.56. The van der Waals surface area contributed by atoms with Gasteiger partial charge in [0.05, 0.1) is 10.6 Å². The number of aliphatic carboxylic acids is 1. The first-order chi connectivity index (χ1) is 12.8. The van der Waals surface area contributed by atoms with Crippen LogP contribution in [0, 0.1) is 12.8 Å². The van der Waals surface area contributed by atoms with Crippen molar-refractivity contribution in [2.24, 2.45) is 11.0 Å². The van der Waals surface area contributed by atoms with Crippen LogP contribution in [0.2, 0.25) is 0 Å². The zero-order valence-electron chi connectivity index (χ0n) is 15.8.